The van der Waals surface area contributed by atoms with Crippen molar-refractivity contribution in [2.75, 3.05) is 31.6 Å². The Morgan fingerprint density at radius 2 is 1.80 bits per heavy atom. The molecule has 15 nitrogen and oxygen atoms in total. The van der Waals surface area contributed by atoms with Crippen molar-refractivity contribution in [1.29, 1.82) is 5.26 Å². The zero-order valence-corrected chi connectivity index (χ0v) is 32.0. The van der Waals surface area contributed by atoms with Crippen LogP contribution in [0.5, 0.6) is 0 Å². The molecule has 3 aliphatic rings. The molecular formula is C41H47N9O6. The first-order chi connectivity index (χ1) is 26.9. The molecule has 2 aliphatic heterocycles. The fourth-order valence-electron chi connectivity index (χ4n) is 8.21. The molecule has 3 amide bonds. The third kappa shape index (κ3) is 8.31. The summed E-state index contributed by atoms with van der Waals surface area (Å²) in [6, 6.07) is 11.5. The molecule has 1 aromatic carbocycles. The molecule has 292 valence electrons. The molecule has 3 fully saturated rings. The lowest BCUT2D eigenvalue weighted by atomic mass is 9.85. The van der Waals surface area contributed by atoms with Crippen molar-refractivity contribution < 1.29 is 24.2 Å². The Morgan fingerprint density at radius 3 is 2.52 bits per heavy atom. The summed E-state index contributed by atoms with van der Waals surface area (Å²) >= 11 is 0. The van der Waals surface area contributed by atoms with E-state index in [0.29, 0.717) is 33.9 Å². The number of imidazole rings is 1. The monoisotopic (exact) mass is 761 g/mol. The Kier molecular flexibility index (Phi) is 11.2. The van der Waals surface area contributed by atoms with E-state index >= 15 is 0 Å². The van der Waals surface area contributed by atoms with Gasteiger partial charge in [-0.25, -0.2) is 9.78 Å². The van der Waals surface area contributed by atoms with Gasteiger partial charge in [-0.3, -0.25) is 33.5 Å². The van der Waals surface area contributed by atoms with Crippen LogP contribution in [0.2, 0.25) is 0 Å². The predicted octanol–water partition coefficient (Wildman–Crippen LogP) is 3.52. The summed E-state index contributed by atoms with van der Waals surface area (Å²) in [5.74, 6) is 5.61. The predicted molar refractivity (Wildman–Crippen MR) is 206 cm³/mol. The molecule has 2 saturated heterocycles. The van der Waals surface area contributed by atoms with Crippen LogP contribution < -0.4 is 16.3 Å². The lowest BCUT2D eigenvalue weighted by Crippen LogP contribution is -2.44. The first-order valence-corrected chi connectivity index (χ1v) is 19.3. The lowest BCUT2D eigenvalue weighted by Gasteiger charge is -2.36. The Balaban J connectivity index is 0.884. The Morgan fingerprint density at radius 1 is 1.05 bits per heavy atom. The highest BCUT2D eigenvalue weighted by Gasteiger charge is 2.33. The molecule has 5 heterocycles. The van der Waals surface area contributed by atoms with E-state index in [0.717, 1.165) is 58.2 Å². The van der Waals surface area contributed by atoms with Crippen molar-refractivity contribution in [3.63, 3.8) is 0 Å². The Hall–Kier alpha value is -5.61. The molecule has 1 aliphatic carbocycles. The number of fused-ring (bicyclic) bond motifs is 1. The van der Waals surface area contributed by atoms with Gasteiger partial charge in [-0.2, -0.15) is 10.4 Å². The second-order valence-electron chi connectivity index (χ2n) is 15.5. The van der Waals surface area contributed by atoms with Gasteiger partial charge >= 0.3 is 5.69 Å². The smallest absolute Gasteiger partial charge is 0.329 e. The van der Waals surface area contributed by atoms with E-state index in [9.17, 15) is 24.3 Å². The van der Waals surface area contributed by atoms with E-state index < -0.39 is 23.5 Å². The summed E-state index contributed by atoms with van der Waals surface area (Å²) in [4.78, 5) is 57.1. The number of aromatic nitrogens is 5. The van der Waals surface area contributed by atoms with Gasteiger partial charge in [0.15, 0.2) is 0 Å². The van der Waals surface area contributed by atoms with E-state index in [1.165, 1.54) is 15.2 Å². The zero-order valence-electron chi connectivity index (χ0n) is 32.0. The van der Waals surface area contributed by atoms with Crippen LogP contribution >= 0.6 is 0 Å². The van der Waals surface area contributed by atoms with Gasteiger partial charge in [0.05, 0.1) is 34.4 Å². The van der Waals surface area contributed by atoms with Crippen LogP contribution in [-0.2, 0) is 27.0 Å². The van der Waals surface area contributed by atoms with Gasteiger partial charge in [0.25, 0.3) is 5.91 Å². The summed E-state index contributed by atoms with van der Waals surface area (Å²) in [6.07, 6.45) is 8.21. The number of imide groups is 1. The molecule has 1 saturated carbocycles. The minimum absolute atomic E-state index is 0.116. The van der Waals surface area contributed by atoms with Gasteiger partial charge < -0.3 is 20.1 Å². The number of hydrogen-bond acceptors (Lipinski definition) is 10. The summed E-state index contributed by atoms with van der Waals surface area (Å²) in [6.45, 7) is 6.49. The highest BCUT2D eigenvalue weighted by atomic mass is 16.5. The van der Waals surface area contributed by atoms with Gasteiger partial charge in [-0.05, 0) is 89.0 Å². The summed E-state index contributed by atoms with van der Waals surface area (Å²) in [7, 11) is 1.67. The van der Waals surface area contributed by atoms with Crippen LogP contribution in [0.15, 0.2) is 47.4 Å². The number of nitrogens with one attached hydrogen (secondary N) is 2. The van der Waals surface area contributed by atoms with Crippen molar-refractivity contribution in [3.05, 3.63) is 75.7 Å². The van der Waals surface area contributed by atoms with E-state index in [-0.39, 0.29) is 54.6 Å². The molecule has 15 heteroatoms. The van der Waals surface area contributed by atoms with Crippen molar-refractivity contribution >= 4 is 34.4 Å². The number of aryl methyl sites for hydroxylation is 1. The number of rotatable bonds is 9. The number of anilines is 1. The molecule has 56 heavy (non-hydrogen) atoms. The maximum atomic E-state index is 13.2. The highest BCUT2D eigenvalue weighted by Crippen LogP contribution is 2.36. The van der Waals surface area contributed by atoms with Crippen molar-refractivity contribution in [2.45, 2.75) is 89.0 Å². The number of nitriles is 1. The van der Waals surface area contributed by atoms with Gasteiger partial charge in [0.1, 0.15) is 41.4 Å². The van der Waals surface area contributed by atoms with Crippen LogP contribution in [0, 0.1) is 29.1 Å². The van der Waals surface area contributed by atoms with Gasteiger partial charge in [-0.15, -0.1) is 0 Å². The number of aliphatic hydroxyl groups is 1. The maximum Gasteiger partial charge on any atom is 0.329 e. The summed E-state index contributed by atoms with van der Waals surface area (Å²) in [5, 5.41) is 30.0. The van der Waals surface area contributed by atoms with Crippen molar-refractivity contribution in [3.8, 4) is 17.9 Å². The molecular weight excluding hydrogens is 715 g/mol. The van der Waals surface area contributed by atoms with Crippen LogP contribution in [-0.4, -0.2) is 84.0 Å². The Labute approximate surface area is 324 Å². The highest BCUT2D eigenvalue weighted by molar-refractivity contribution is 6.03. The molecule has 3 aromatic heterocycles. The lowest BCUT2D eigenvalue weighted by molar-refractivity contribution is -0.135. The minimum atomic E-state index is -1.28. The fraction of sp³-hybridized carbons (Fsp3) is 0.488. The molecule has 0 spiro atoms. The number of carbonyl (C=O) groups excluding carboxylic acids is 3. The van der Waals surface area contributed by atoms with Crippen LogP contribution in [0.1, 0.15) is 105 Å². The zero-order chi connectivity index (χ0) is 39.6. The van der Waals surface area contributed by atoms with Crippen molar-refractivity contribution in [2.24, 2.45) is 13.0 Å². The number of hydrogen-bond donors (Lipinski definition) is 3. The summed E-state index contributed by atoms with van der Waals surface area (Å²) < 4.78 is 11.0. The topological polar surface area (TPSA) is 189 Å². The number of likely N-dealkylation sites (tertiary alicyclic amines) is 1. The maximum absolute atomic E-state index is 13.2. The molecule has 1 atom stereocenters. The van der Waals surface area contributed by atoms with Gasteiger partial charge in [0.2, 0.25) is 11.8 Å². The van der Waals surface area contributed by atoms with Crippen LogP contribution in [0.25, 0.3) is 11.0 Å². The number of benzene rings is 1. The number of carbonyl (C=O) groups is 3. The minimum Gasteiger partial charge on any atom is -0.384 e. The van der Waals surface area contributed by atoms with E-state index in [4.69, 9.17) is 15.1 Å². The number of nitrogens with zero attached hydrogens (tertiary/aromatic N) is 7. The average molecular weight is 762 g/mol. The molecule has 4 aromatic rings. The normalized spacial score (nSPS) is 20.9. The first-order valence-electron chi connectivity index (χ1n) is 19.3. The number of piperidine rings is 2. The van der Waals surface area contributed by atoms with Crippen LogP contribution in [0.3, 0.4) is 0 Å². The van der Waals surface area contributed by atoms with Crippen molar-refractivity contribution in [1.82, 2.24) is 34.1 Å². The SMILES string of the molecule is Cn1c(=O)n(C2CCC(=O)NC2=O)c2cccc(C#CCOC3CCN(C[C@H]4CC[C@H](n5cc(NC(=O)c6cccc(C#N)n6)c(C(C)(C)O)n5)CC4)CC3)c21. The third-order valence-corrected chi connectivity index (χ3v) is 11.1. The van der Waals surface area contributed by atoms with E-state index in [1.807, 2.05) is 22.9 Å². The van der Waals surface area contributed by atoms with E-state index in [2.05, 4.69) is 32.4 Å². The van der Waals surface area contributed by atoms with Crippen LogP contribution in [0.4, 0.5) is 5.69 Å². The standard InChI is InChI=1S/C41H47N9O6/c1-41(2,55)37-32(44-38(52)31-10-5-9-28(23-42)43-31)25-49(46-37)29-14-12-26(13-15-29)24-48-20-18-30(19-21-48)56-22-6-8-27-7-4-11-33-36(27)47(3)40(54)50(33)34-16-17-35(51)45-39(34)53/h4-5,7,9-11,25-26,29-30,34,55H,12-22,24H2,1-3H3,(H,44,52)(H,45,51,53)/t26-,29-,34?. The Bertz CT molecular complexity index is 2300. The first kappa shape index (κ1) is 38.7. The second-order valence-corrected chi connectivity index (χ2v) is 15.5. The number of amides is 3. The average Bonchev–Trinajstić information content (AvgIpc) is 3.73. The number of ether oxygens (including phenoxy) is 1. The fourth-order valence-corrected chi connectivity index (χ4v) is 8.21. The third-order valence-electron chi connectivity index (χ3n) is 11.1. The van der Waals surface area contributed by atoms with Gasteiger partial charge in [-0.1, -0.05) is 24.0 Å². The molecule has 1 unspecified atom stereocenters. The molecule has 0 bridgehead atoms. The second kappa shape index (κ2) is 16.2. The summed E-state index contributed by atoms with van der Waals surface area (Å²) in [5.41, 5.74) is 1.40. The largest absolute Gasteiger partial charge is 0.384 e. The van der Waals surface area contributed by atoms with E-state index in [1.54, 1.807) is 45.3 Å². The molecule has 3 N–H and O–H groups in total. The quantitative estimate of drug-likeness (QED) is 0.168. The molecule has 7 rings (SSSR count). The van der Waals surface area contributed by atoms with Gasteiger partial charge in [0, 0.05) is 39.3 Å². The molecule has 0 radical (unpaired) electrons. The number of para-hydroxylation sites is 1. The number of pyridine rings is 1.